The number of thiocarbonyl (C=S) groups is 1. The smallest absolute Gasteiger partial charge is 0.229 e. The molecule has 3 N–H and O–H groups in total. The normalized spacial score (nSPS) is 12.1. The van der Waals surface area contributed by atoms with E-state index in [4.69, 9.17) is 22.5 Å². The molecule has 1 unspecified atom stereocenters. The predicted molar refractivity (Wildman–Crippen MR) is 66.3 cm³/mol. The molecule has 0 bridgehead atoms. The van der Waals surface area contributed by atoms with Crippen LogP contribution in [0.4, 0.5) is 0 Å². The third-order valence-electron chi connectivity index (χ3n) is 2.29. The molecule has 0 aliphatic heterocycles. The van der Waals surface area contributed by atoms with E-state index in [1.54, 1.807) is 6.92 Å². The van der Waals surface area contributed by atoms with Crippen LogP contribution in [0.3, 0.4) is 0 Å². The van der Waals surface area contributed by atoms with Crippen molar-refractivity contribution in [2.24, 2.45) is 11.7 Å². The summed E-state index contributed by atoms with van der Waals surface area (Å²) in [4.78, 5) is 15.9. The van der Waals surface area contributed by atoms with E-state index in [1.807, 2.05) is 6.92 Å². The highest BCUT2D eigenvalue weighted by Gasteiger charge is 2.18. The van der Waals surface area contributed by atoms with Crippen molar-refractivity contribution in [2.45, 2.75) is 26.7 Å². The Bertz CT molecular complexity index is 405. The van der Waals surface area contributed by atoms with E-state index in [1.165, 1.54) is 0 Å². The zero-order valence-electron chi connectivity index (χ0n) is 9.90. The van der Waals surface area contributed by atoms with Crippen molar-refractivity contribution >= 4 is 23.1 Å². The second-order valence-electron chi connectivity index (χ2n) is 3.63. The van der Waals surface area contributed by atoms with Gasteiger partial charge in [0.2, 0.25) is 11.8 Å². The molecule has 1 amide bonds. The molecule has 6 nitrogen and oxygen atoms in total. The van der Waals surface area contributed by atoms with Crippen molar-refractivity contribution in [2.75, 3.05) is 6.54 Å². The van der Waals surface area contributed by atoms with Gasteiger partial charge < -0.3 is 15.6 Å². The van der Waals surface area contributed by atoms with Crippen molar-refractivity contribution in [1.29, 1.82) is 0 Å². The van der Waals surface area contributed by atoms with Gasteiger partial charge in [0.1, 0.15) is 0 Å². The summed E-state index contributed by atoms with van der Waals surface area (Å²) in [5.74, 6) is 0.532. The van der Waals surface area contributed by atoms with Crippen molar-refractivity contribution in [3.63, 3.8) is 0 Å². The lowest BCUT2D eigenvalue weighted by molar-refractivity contribution is -0.123. The molecule has 0 spiro atoms. The van der Waals surface area contributed by atoms with Crippen LogP contribution in [0.25, 0.3) is 0 Å². The van der Waals surface area contributed by atoms with Crippen LogP contribution in [-0.4, -0.2) is 27.6 Å². The topological polar surface area (TPSA) is 94.0 Å². The van der Waals surface area contributed by atoms with Crippen molar-refractivity contribution < 1.29 is 9.32 Å². The number of aromatic nitrogens is 2. The highest BCUT2D eigenvalue weighted by atomic mass is 32.1. The number of hydrogen-bond donors (Lipinski definition) is 2. The average Bonchev–Trinajstić information content (AvgIpc) is 2.64. The lowest BCUT2D eigenvalue weighted by atomic mass is 10.1. The molecule has 0 fully saturated rings. The van der Waals surface area contributed by atoms with Crippen LogP contribution in [0.15, 0.2) is 4.52 Å². The number of rotatable bonds is 6. The lowest BCUT2D eigenvalue weighted by Gasteiger charge is -2.12. The third-order valence-corrected chi connectivity index (χ3v) is 2.57. The van der Waals surface area contributed by atoms with E-state index < -0.39 is 5.92 Å². The summed E-state index contributed by atoms with van der Waals surface area (Å²) in [7, 11) is 0. The lowest BCUT2D eigenvalue weighted by Crippen LogP contribution is -2.38. The Morgan fingerprint density at radius 2 is 2.35 bits per heavy atom. The van der Waals surface area contributed by atoms with Crippen LogP contribution in [0, 0.1) is 12.8 Å². The summed E-state index contributed by atoms with van der Waals surface area (Å²) in [6.45, 7) is 4.03. The minimum Gasteiger partial charge on any atom is -0.393 e. The third kappa shape index (κ3) is 4.10. The van der Waals surface area contributed by atoms with E-state index in [2.05, 4.69) is 15.5 Å². The van der Waals surface area contributed by atoms with Crippen LogP contribution >= 0.6 is 12.2 Å². The highest BCUT2D eigenvalue weighted by molar-refractivity contribution is 7.80. The number of amides is 1. The quantitative estimate of drug-likeness (QED) is 0.713. The Kier molecular flexibility index (Phi) is 5.02. The molecule has 1 heterocycles. The standard InChI is InChI=1S/C10H16N4O2S/c1-3-7(9(11)17)10(15)12-5-4-8-13-6(2)16-14-8/h7H,3-5H2,1-2H3,(H2,11,17)(H,12,15). The molecule has 0 aliphatic rings. The fourth-order valence-corrected chi connectivity index (χ4v) is 1.65. The molecular weight excluding hydrogens is 240 g/mol. The number of nitrogens with zero attached hydrogens (tertiary/aromatic N) is 2. The second kappa shape index (κ2) is 6.29. The molecule has 0 saturated heterocycles. The van der Waals surface area contributed by atoms with Crippen LogP contribution in [0.2, 0.25) is 0 Å². The molecule has 0 aromatic carbocycles. The molecule has 94 valence electrons. The Balaban J connectivity index is 2.35. The minimum atomic E-state index is -0.406. The first kappa shape index (κ1) is 13.6. The van der Waals surface area contributed by atoms with Gasteiger partial charge in [-0.15, -0.1) is 0 Å². The number of aryl methyl sites for hydroxylation is 1. The zero-order valence-corrected chi connectivity index (χ0v) is 10.7. The molecule has 1 rings (SSSR count). The first-order valence-corrected chi connectivity index (χ1v) is 5.81. The maximum Gasteiger partial charge on any atom is 0.229 e. The van der Waals surface area contributed by atoms with E-state index in [0.717, 1.165) is 0 Å². The van der Waals surface area contributed by atoms with Gasteiger partial charge in [-0.25, -0.2) is 0 Å². The Morgan fingerprint density at radius 3 is 2.82 bits per heavy atom. The summed E-state index contributed by atoms with van der Waals surface area (Å²) in [5.41, 5.74) is 5.47. The number of nitrogens with two attached hydrogens (primary N) is 1. The van der Waals surface area contributed by atoms with Crippen molar-refractivity contribution in [1.82, 2.24) is 15.5 Å². The fraction of sp³-hybridized carbons (Fsp3) is 0.600. The average molecular weight is 256 g/mol. The first-order chi connectivity index (χ1) is 8.04. The fourth-order valence-electron chi connectivity index (χ4n) is 1.38. The van der Waals surface area contributed by atoms with Gasteiger partial charge in [-0.1, -0.05) is 24.3 Å². The number of carbonyl (C=O) groups is 1. The van der Waals surface area contributed by atoms with E-state index >= 15 is 0 Å². The van der Waals surface area contributed by atoms with Crippen LogP contribution < -0.4 is 11.1 Å². The summed E-state index contributed by atoms with van der Waals surface area (Å²) < 4.78 is 4.81. The maximum absolute atomic E-state index is 11.7. The Morgan fingerprint density at radius 1 is 1.65 bits per heavy atom. The molecule has 0 radical (unpaired) electrons. The largest absolute Gasteiger partial charge is 0.393 e. The maximum atomic E-state index is 11.7. The van der Waals surface area contributed by atoms with Crippen molar-refractivity contribution in [3.05, 3.63) is 11.7 Å². The van der Waals surface area contributed by atoms with Gasteiger partial charge in [0.25, 0.3) is 0 Å². The molecule has 0 aliphatic carbocycles. The Hall–Kier alpha value is -1.50. The van der Waals surface area contributed by atoms with Gasteiger partial charge in [0.05, 0.1) is 10.9 Å². The monoisotopic (exact) mass is 256 g/mol. The van der Waals surface area contributed by atoms with Crippen LogP contribution in [0.1, 0.15) is 25.1 Å². The SMILES string of the molecule is CCC(C(=O)NCCc1noc(C)n1)C(N)=S. The second-order valence-corrected chi connectivity index (χ2v) is 4.11. The molecule has 17 heavy (non-hydrogen) atoms. The van der Waals surface area contributed by atoms with Gasteiger partial charge in [-0.2, -0.15) is 4.98 Å². The summed E-state index contributed by atoms with van der Waals surface area (Å²) in [6, 6.07) is 0. The number of carbonyl (C=O) groups excluding carboxylic acids is 1. The molecular formula is C10H16N4O2S. The summed E-state index contributed by atoms with van der Waals surface area (Å²) in [5, 5.41) is 6.47. The van der Waals surface area contributed by atoms with Crippen molar-refractivity contribution in [3.8, 4) is 0 Å². The van der Waals surface area contributed by atoms with E-state index in [9.17, 15) is 4.79 Å². The van der Waals surface area contributed by atoms with Gasteiger partial charge in [-0.05, 0) is 6.42 Å². The van der Waals surface area contributed by atoms with E-state index in [-0.39, 0.29) is 10.9 Å². The molecule has 1 aromatic rings. The molecule has 7 heteroatoms. The van der Waals surface area contributed by atoms with Crippen LogP contribution in [-0.2, 0) is 11.2 Å². The molecule has 1 aromatic heterocycles. The summed E-state index contributed by atoms with van der Waals surface area (Å²) >= 11 is 4.82. The molecule has 0 saturated carbocycles. The van der Waals surface area contributed by atoms with Gasteiger partial charge >= 0.3 is 0 Å². The predicted octanol–water partition coefficient (Wildman–Crippen LogP) is 0.349. The molecule has 1 atom stereocenters. The van der Waals surface area contributed by atoms with Gasteiger partial charge in [0.15, 0.2) is 5.82 Å². The zero-order chi connectivity index (χ0) is 12.8. The summed E-state index contributed by atoms with van der Waals surface area (Å²) in [6.07, 6.45) is 1.12. The number of hydrogen-bond acceptors (Lipinski definition) is 5. The van der Waals surface area contributed by atoms with Gasteiger partial charge in [0, 0.05) is 19.9 Å². The highest BCUT2D eigenvalue weighted by Crippen LogP contribution is 2.03. The van der Waals surface area contributed by atoms with Gasteiger partial charge in [-0.3, -0.25) is 4.79 Å². The number of nitrogens with one attached hydrogen (secondary N) is 1. The first-order valence-electron chi connectivity index (χ1n) is 5.40. The Labute approximate surface area is 105 Å². The minimum absolute atomic E-state index is 0.153. The van der Waals surface area contributed by atoms with Crippen LogP contribution in [0.5, 0.6) is 0 Å². The van der Waals surface area contributed by atoms with E-state index in [0.29, 0.717) is 31.1 Å².